The Bertz CT molecular complexity index is 1080. The number of benzene rings is 2. The summed E-state index contributed by atoms with van der Waals surface area (Å²) >= 11 is 0. The van der Waals surface area contributed by atoms with Gasteiger partial charge in [0.05, 0.1) is 16.8 Å². The normalized spacial score (nSPS) is 11.3. The molecule has 0 aliphatic rings. The second kappa shape index (κ2) is 7.40. The number of nitrogens with zero attached hydrogens (tertiary/aromatic N) is 1. The van der Waals surface area contributed by atoms with Crippen LogP contribution < -0.4 is 10.0 Å². The van der Waals surface area contributed by atoms with Crippen LogP contribution in [0.25, 0.3) is 0 Å². The molecule has 0 saturated heterocycles. The minimum atomic E-state index is -3.65. The summed E-state index contributed by atoms with van der Waals surface area (Å²) in [6.07, 6.45) is 1.51. The van der Waals surface area contributed by atoms with E-state index in [1.54, 1.807) is 30.3 Å². The molecular formula is C21H23N3O2S. The van der Waals surface area contributed by atoms with Gasteiger partial charge < -0.3 is 5.32 Å². The SMILES string of the molecule is Cc1ccc(C)c(Nc2ccc(NS(=O)(=O)c3ccc(C)c(C)c3)cn2)c1. The molecule has 5 nitrogen and oxygen atoms in total. The molecule has 1 heterocycles. The molecule has 0 saturated carbocycles. The van der Waals surface area contributed by atoms with Crippen LogP contribution in [0.4, 0.5) is 17.2 Å². The van der Waals surface area contributed by atoms with Crippen molar-refractivity contribution >= 4 is 27.2 Å². The third-order valence-corrected chi connectivity index (χ3v) is 5.84. The highest BCUT2D eigenvalue weighted by Gasteiger charge is 2.15. The average Bonchev–Trinajstić information content (AvgIpc) is 2.62. The Kier molecular flexibility index (Phi) is 5.19. The molecule has 0 bridgehead atoms. The quantitative estimate of drug-likeness (QED) is 0.662. The smallest absolute Gasteiger partial charge is 0.261 e. The van der Waals surface area contributed by atoms with Crippen molar-refractivity contribution in [3.63, 3.8) is 0 Å². The highest BCUT2D eigenvalue weighted by molar-refractivity contribution is 7.92. The number of anilines is 3. The van der Waals surface area contributed by atoms with Crippen molar-refractivity contribution in [2.45, 2.75) is 32.6 Å². The number of rotatable bonds is 5. The number of hydrogen-bond donors (Lipinski definition) is 2. The molecule has 1 aromatic heterocycles. The number of hydrogen-bond acceptors (Lipinski definition) is 4. The number of nitrogens with one attached hydrogen (secondary N) is 2. The number of pyridine rings is 1. The molecule has 3 aromatic rings. The molecule has 27 heavy (non-hydrogen) atoms. The maximum absolute atomic E-state index is 12.6. The largest absolute Gasteiger partial charge is 0.340 e. The summed E-state index contributed by atoms with van der Waals surface area (Å²) in [7, 11) is -3.65. The van der Waals surface area contributed by atoms with E-state index in [4.69, 9.17) is 0 Å². The predicted octanol–water partition coefficient (Wildman–Crippen LogP) is 4.86. The summed E-state index contributed by atoms with van der Waals surface area (Å²) in [6.45, 7) is 7.89. The fourth-order valence-electron chi connectivity index (χ4n) is 2.63. The number of sulfonamides is 1. The lowest BCUT2D eigenvalue weighted by Crippen LogP contribution is -2.13. The number of aromatic nitrogens is 1. The van der Waals surface area contributed by atoms with E-state index in [1.165, 1.54) is 6.20 Å². The first-order valence-corrected chi connectivity index (χ1v) is 10.1. The summed E-state index contributed by atoms with van der Waals surface area (Å²) in [5.74, 6) is 0.651. The van der Waals surface area contributed by atoms with Crippen LogP contribution in [0.5, 0.6) is 0 Å². The highest BCUT2D eigenvalue weighted by Crippen LogP contribution is 2.23. The molecule has 0 fully saturated rings. The Morgan fingerprint density at radius 1 is 0.815 bits per heavy atom. The highest BCUT2D eigenvalue weighted by atomic mass is 32.2. The Morgan fingerprint density at radius 2 is 1.56 bits per heavy atom. The van der Waals surface area contributed by atoms with Crippen LogP contribution in [0.15, 0.2) is 59.6 Å². The lowest BCUT2D eigenvalue weighted by atomic mass is 10.1. The van der Waals surface area contributed by atoms with E-state index >= 15 is 0 Å². The van der Waals surface area contributed by atoms with Crippen LogP contribution in [0.2, 0.25) is 0 Å². The number of aryl methyl sites for hydroxylation is 4. The van der Waals surface area contributed by atoms with Crippen LogP contribution in [-0.4, -0.2) is 13.4 Å². The summed E-state index contributed by atoms with van der Waals surface area (Å²) in [5, 5.41) is 3.26. The van der Waals surface area contributed by atoms with Gasteiger partial charge in [-0.1, -0.05) is 18.2 Å². The summed E-state index contributed by atoms with van der Waals surface area (Å²) in [4.78, 5) is 4.56. The summed E-state index contributed by atoms with van der Waals surface area (Å²) in [6, 6.07) is 14.7. The fraction of sp³-hybridized carbons (Fsp3) is 0.190. The van der Waals surface area contributed by atoms with Crippen molar-refractivity contribution in [3.8, 4) is 0 Å². The standard InChI is InChI=1S/C21H23N3O2S/c1-14-5-6-16(3)20(11-14)23-21-10-8-18(13-22-21)24-27(25,26)19-9-7-15(2)17(4)12-19/h5-13,24H,1-4H3,(H,22,23). The molecule has 0 amide bonds. The molecule has 0 unspecified atom stereocenters. The molecular weight excluding hydrogens is 358 g/mol. The van der Waals surface area contributed by atoms with Gasteiger partial charge in [-0.05, 0) is 80.3 Å². The van der Waals surface area contributed by atoms with Crippen LogP contribution >= 0.6 is 0 Å². The molecule has 0 radical (unpaired) electrons. The third kappa shape index (κ3) is 4.46. The zero-order valence-electron chi connectivity index (χ0n) is 15.9. The van der Waals surface area contributed by atoms with Crippen molar-refractivity contribution in [2.24, 2.45) is 0 Å². The van der Waals surface area contributed by atoms with Gasteiger partial charge in [0.2, 0.25) is 0 Å². The Hall–Kier alpha value is -2.86. The molecule has 0 spiro atoms. The average molecular weight is 382 g/mol. The summed E-state index contributed by atoms with van der Waals surface area (Å²) < 4.78 is 27.7. The van der Waals surface area contributed by atoms with E-state index in [9.17, 15) is 8.42 Å². The topological polar surface area (TPSA) is 71.1 Å². The Morgan fingerprint density at radius 3 is 2.22 bits per heavy atom. The maximum atomic E-state index is 12.6. The summed E-state index contributed by atoms with van der Waals surface area (Å²) in [5.41, 5.74) is 5.65. The van der Waals surface area contributed by atoms with Gasteiger partial charge in [-0.2, -0.15) is 0 Å². The van der Waals surface area contributed by atoms with Crippen LogP contribution in [0.1, 0.15) is 22.3 Å². The lowest BCUT2D eigenvalue weighted by molar-refractivity contribution is 0.601. The second-order valence-corrected chi connectivity index (χ2v) is 8.41. The molecule has 0 aliphatic carbocycles. The Labute approximate surface area is 160 Å². The van der Waals surface area contributed by atoms with Crippen molar-refractivity contribution < 1.29 is 8.42 Å². The van der Waals surface area contributed by atoms with Crippen molar-refractivity contribution in [2.75, 3.05) is 10.0 Å². The minimum Gasteiger partial charge on any atom is -0.340 e. The van der Waals surface area contributed by atoms with E-state index in [1.807, 2.05) is 39.8 Å². The third-order valence-electron chi connectivity index (χ3n) is 4.46. The van der Waals surface area contributed by atoms with E-state index < -0.39 is 10.0 Å². The molecule has 2 N–H and O–H groups in total. The Balaban J connectivity index is 1.77. The van der Waals surface area contributed by atoms with Gasteiger partial charge in [0.15, 0.2) is 0 Å². The zero-order valence-corrected chi connectivity index (χ0v) is 16.7. The monoisotopic (exact) mass is 381 g/mol. The molecule has 0 atom stereocenters. The first kappa shape index (κ1) is 18.9. The first-order chi connectivity index (χ1) is 12.7. The predicted molar refractivity (Wildman–Crippen MR) is 110 cm³/mol. The van der Waals surface area contributed by atoms with Gasteiger partial charge in [0.25, 0.3) is 10.0 Å². The van der Waals surface area contributed by atoms with Gasteiger partial charge in [-0.25, -0.2) is 13.4 Å². The van der Waals surface area contributed by atoms with Crippen molar-refractivity contribution in [1.82, 2.24) is 4.98 Å². The van der Waals surface area contributed by atoms with Crippen LogP contribution in [0, 0.1) is 27.7 Å². The second-order valence-electron chi connectivity index (χ2n) is 6.73. The van der Waals surface area contributed by atoms with Gasteiger partial charge in [0, 0.05) is 5.69 Å². The minimum absolute atomic E-state index is 0.239. The van der Waals surface area contributed by atoms with Gasteiger partial charge >= 0.3 is 0 Å². The van der Waals surface area contributed by atoms with E-state index in [2.05, 4.69) is 21.1 Å². The molecule has 2 aromatic carbocycles. The van der Waals surface area contributed by atoms with E-state index in [0.29, 0.717) is 11.5 Å². The van der Waals surface area contributed by atoms with Gasteiger partial charge in [-0.3, -0.25) is 4.72 Å². The zero-order chi connectivity index (χ0) is 19.6. The molecule has 3 rings (SSSR count). The molecule has 140 valence electrons. The molecule has 0 aliphatic heterocycles. The van der Waals surface area contributed by atoms with Crippen LogP contribution in [-0.2, 0) is 10.0 Å². The molecule has 6 heteroatoms. The van der Waals surface area contributed by atoms with Gasteiger partial charge in [-0.15, -0.1) is 0 Å². The van der Waals surface area contributed by atoms with Crippen molar-refractivity contribution in [1.29, 1.82) is 0 Å². The first-order valence-electron chi connectivity index (χ1n) is 8.65. The lowest BCUT2D eigenvalue weighted by Gasteiger charge is -2.12. The van der Waals surface area contributed by atoms with E-state index in [-0.39, 0.29) is 4.90 Å². The van der Waals surface area contributed by atoms with Gasteiger partial charge in [0.1, 0.15) is 5.82 Å². The van der Waals surface area contributed by atoms with E-state index in [0.717, 1.165) is 27.9 Å². The van der Waals surface area contributed by atoms with Crippen molar-refractivity contribution in [3.05, 3.63) is 77.0 Å². The van der Waals surface area contributed by atoms with Crippen LogP contribution in [0.3, 0.4) is 0 Å². The fourth-order valence-corrected chi connectivity index (χ4v) is 3.76. The maximum Gasteiger partial charge on any atom is 0.261 e.